The minimum absolute atomic E-state index is 0.0524. The van der Waals surface area contributed by atoms with E-state index in [9.17, 15) is 13.2 Å². The number of nitrogens with one attached hydrogen (secondary N) is 1. The molecule has 0 bridgehead atoms. The summed E-state index contributed by atoms with van der Waals surface area (Å²) < 4.78 is 33.1. The van der Waals surface area contributed by atoms with Crippen LogP contribution in [0.5, 0.6) is 5.75 Å². The lowest BCUT2D eigenvalue weighted by Crippen LogP contribution is -2.39. The molecule has 1 N–H and O–H groups in total. The van der Waals surface area contributed by atoms with Crippen LogP contribution in [-0.2, 0) is 14.8 Å². The molecule has 0 aromatic heterocycles. The third-order valence-corrected chi connectivity index (χ3v) is 7.41. The molecule has 0 unspecified atom stereocenters. The van der Waals surface area contributed by atoms with Gasteiger partial charge in [0.05, 0.1) is 28.9 Å². The Balaban J connectivity index is 1.84. The van der Waals surface area contributed by atoms with Crippen molar-refractivity contribution < 1.29 is 17.9 Å². The van der Waals surface area contributed by atoms with Crippen LogP contribution in [0.15, 0.2) is 76.7 Å². The molecule has 0 fully saturated rings. The third-order valence-electron chi connectivity index (χ3n) is 5.33. The molecule has 3 aromatic carbocycles. The number of anilines is 1. The average molecular weight is 514 g/mol. The van der Waals surface area contributed by atoms with E-state index in [1.165, 1.54) is 43.2 Å². The van der Waals surface area contributed by atoms with Crippen molar-refractivity contribution in [1.82, 2.24) is 5.43 Å². The molecule has 0 heterocycles. The maximum absolute atomic E-state index is 13.5. The fourth-order valence-electron chi connectivity index (χ4n) is 3.27. The average Bonchev–Trinajstić information content (AvgIpc) is 2.83. The first-order valence-electron chi connectivity index (χ1n) is 11.0. The van der Waals surface area contributed by atoms with Gasteiger partial charge in [-0.25, -0.2) is 13.8 Å². The predicted molar refractivity (Wildman–Crippen MR) is 140 cm³/mol. The van der Waals surface area contributed by atoms with Crippen LogP contribution < -0.4 is 14.5 Å². The summed E-state index contributed by atoms with van der Waals surface area (Å²) in [4.78, 5) is 12.8. The Morgan fingerprint density at radius 1 is 1.09 bits per heavy atom. The van der Waals surface area contributed by atoms with Gasteiger partial charge >= 0.3 is 0 Å². The molecule has 184 valence electrons. The molecule has 0 atom stereocenters. The van der Waals surface area contributed by atoms with E-state index < -0.39 is 22.5 Å². The second-order valence-corrected chi connectivity index (χ2v) is 10.5. The monoisotopic (exact) mass is 513 g/mol. The first-order chi connectivity index (χ1) is 16.6. The number of sulfonamides is 1. The second-order valence-electron chi connectivity index (χ2n) is 8.26. The molecule has 0 saturated heterocycles. The first-order valence-corrected chi connectivity index (χ1v) is 12.8. The number of benzene rings is 3. The van der Waals surface area contributed by atoms with Crippen molar-refractivity contribution in [2.45, 2.75) is 31.6 Å². The zero-order valence-electron chi connectivity index (χ0n) is 20.0. The number of hydrogen-bond acceptors (Lipinski definition) is 5. The highest BCUT2D eigenvalue weighted by Crippen LogP contribution is 2.32. The van der Waals surface area contributed by atoms with Gasteiger partial charge < -0.3 is 4.74 Å². The Hall–Kier alpha value is -3.36. The summed E-state index contributed by atoms with van der Waals surface area (Å²) in [6, 6.07) is 18.7. The molecular weight excluding hydrogens is 486 g/mol. The molecular formula is C26H28ClN3O4S. The highest BCUT2D eigenvalue weighted by molar-refractivity contribution is 7.92. The zero-order valence-corrected chi connectivity index (χ0v) is 21.6. The lowest BCUT2D eigenvalue weighted by atomic mass is 10.0. The van der Waals surface area contributed by atoms with Crippen LogP contribution in [0, 0.1) is 6.92 Å². The summed E-state index contributed by atoms with van der Waals surface area (Å²) in [5, 5.41) is 4.20. The summed E-state index contributed by atoms with van der Waals surface area (Å²) in [6.45, 7) is 5.58. The number of amides is 1. The summed E-state index contributed by atoms with van der Waals surface area (Å²) in [6.07, 6.45) is 1.51. The van der Waals surface area contributed by atoms with Crippen molar-refractivity contribution in [2.75, 3.05) is 18.0 Å². The van der Waals surface area contributed by atoms with Crippen molar-refractivity contribution >= 4 is 39.4 Å². The Labute approximate surface area is 211 Å². The fourth-order valence-corrected chi connectivity index (χ4v) is 4.94. The second kappa shape index (κ2) is 11.4. The van der Waals surface area contributed by atoms with E-state index in [0.29, 0.717) is 11.7 Å². The molecule has 0 aliphatic rings. The number of aryl methyl sites for hydroxylation is 1. The summed E-state index contributed by atoms with van der Waals surface area (Å²) >= 11 is 6.24. The number of carbonyl (C=O) groups is 1. The van der Waals surface area contributed by atoms with Crippen LogP contribution in [0.25, 0.3) is 0 Å². The Kier molecular flexibility index (Phi) is 8.53. The maximum Gasteiger partial charge on any atom is 0.264 e. The van der Waals surface area contributed by atoms with Crippen molar-refractivity contribution in [3.05, 3.63) is 88.4 Å². The third kappa shape index (κ3) is 6.61. The fraction of sp³-hybridized carbons (Fsp3) is 0.231. The van der Waals surface area contributed by atoms with Crippen LogP contribution in [0.1, 0.15) is 36.5 Å². The van der Waals surface area contributed by atoms with Gasteiger partial charge in [0.25, 0.3) is 15.9 Å². The van der Waals surface area contributed by atoms with Gasteiger partial charge in [0.1, 0.15) is 12.3 Å². The van der Waals surface area contributed by atoms with E-state index in [1.54, 1.807) is 18.2 Å². The van der Waals surface area contributed by atoms with E-state index in [-0.39, 0.29) is 15.6 Å². The van der Waals surface area contributed by atoms with Gasteiger partial charge in [-0.15, -0.1) is 0 Å². The van der Waals surface area contributed by atoms with Crippen LogP contribution in [0.4, 0.5) is 5.69 Å². The molecule has 0 aliphatic carbocycles. The number of ether oxygens (including phenoxy) is 1. The van der Waals surface area contributed by atoms with Crippen molar-refractivity contribution in [2.24, 2.45) is 5.10 Å². The smallest absolute Gasteiger partial charge is 0.264 e. The lowest BCUT2D eigenvalue weighted by Gasteiger charge is -2.24. The van der Waals surface area contributed by atoms with Gasteiger partial charge in [0, 0.05) is 0 Å². The quantitative estimate of drug-likeness (QED) is 0.317. The topological polar surface area (TPSA) is 88.1 Å². The standard InChI is InChI=1S/C26H28ClN3O4S/c1-18(2)21-9-7-20(8-10-21)16-28-29-26(31)17-30(22-11-14-25(34-4)24(27)15-22)35(32,33)23-12-5-19(3)6-13-23/h5-16,18H,17H2,1-4H3,(H,29,31)/b28-16-. The number of hydrogen-bond donors (Lipinski definition) is 1. The summed E-state index contributed by atoms with van der Waals surface area (Å²) in [5.74, 6) is 0.192. The van der Waals surface area contributed by atoms with Gasteiger partial charge in [0.15, 0.2) is 0 Å². The largest absolute Gasteiger partial charge is 0.495 e. The van der Waals surface area contributed by atoms with E-state index in [0.717, 1.165) is 15.4 Å². The van der Waals surface area contributed by atoms with Gasteiger partial charge in [-0.3, -0.25) is 9.10 Å². The molecule has 0 saturated carbocycles. The molecule has 0 spiro atoms. The molecule has 3 rings (SSSR count). The van der Waals surface area contributed by atoms with Gasteiger partial charge in [0.2, 0.25) is 0 Å². The highest BCUT2D eigenvalue weighted by atomic mass is 35.5. The van der Waals surface area contributed by atoms with Gasteiger partial charge in [-0.2, -0.15) is 5.10 Å². The highest BCUT2D eigenvalue weighted by Gasteiger charge is 2.27. The van der Waals surface area contributed by atoms with Crippen molar-refractivity contribution in [1.29, 1.82) is 0 Å². The summed E-state index contributed by atoms with van der Waals surface area (Å²) in [7, 11) is -2.61. The molecule has 3 aromatic rings. The number of hydrazone groups is 1. The van der Waals surface area contributed by atoms with E-state index in [1.807, 2.05) is 31.2 Å². The van der Waals surface area contributed by atoms with Crippen molar-refractivity contribution in [3.8, 4) is 5.75 Å². The maximum atomic E-state index is 13.5. The molecule has 1 amide bonds. The van der Waals surface area contributed by atoms with Crippen LogP contribution in [0.3, 0.4) is 0 Å². The summed E-state index contributed by atoms with van der Waals surface area (Å²) in [5.41, 5.74) is 5.54. The minimum atomic E-state index is -4.07. The number of halogens is 1. The predicted octanol–water partition coefficient (Wildman–Crippen LogP) is 5.13. The van der Waals surface area contributed by atoms with E-state index in [4.69, 9.17) is 16.3 Å². The number of nitrogens with zero attached hydrogens (tertiary/aromatic N) is 2. The number of methoxy groups -OCH3 is 1. The van der Waals surface area contributed by atoms with Crippen molar-refractivity contribution in [3.63, 3.8) is 0 Å². The zero-order chi connectivity index (χ0) is 25.6. The lowest BCUT2D eigenvalue weighted by molar-refractivity contribution is -0.119. The van der Waals surface area contributed by atoms with Gasteiger partial charge in [-0.1, -0.05) is 67.4 Å². The molecule has 9 heteroatoms. The minimum Gasteiger partial charge on any atom is -0.495 e. The number of rotatable bonds is 9. The number of carbonyl (C=O) groups excluding carboxylic acids is 1. The molecule has 0 aliphatic heterocycles. The molecule has 7 nitrogen and oxygen atoms in total. The van der Waals surface area contributed by atoms with E-state index in [2.05, 4.69) is 24.4 Å². The van der Waals surface area contributed by atoms with Crippen LogP contribution >= 0.6 is 11.6 Å². The Morgan fingerprint density at radius 2 is 1.74 bits per heavy atom. The Morgan fingerprint density at radius 3 is 2.31 bits per heavy atom. The first kappa shape index (κ1) is 26.2. The Bertz CT molecular complexity index is 1310. The van der Waals surface area contributed by atoms with E-state index >= 15 is 0 Å². The SMILES string of the molecule is COc1ccc(N(CC(=O)N/N=C\c2ccc(C(C)C)cc2)S(=O)(=O)c2ccc(C)cc2)cc1Cl. The van der Waals surface area contributed by atoms with Crippen LogP contribution in [0.2, 0.25) is 5.02 Å². The van der Waals surface area contributed by atoms with Crippen LogP contribution in [-0.4, -0.2) is 34.2 Å². The molecule has 0 radical (unpaired) electrons. The van der Waals surface area contributed by atoms with Gasteiger partial charge in [-0.05, 0) is 54.3 Å². The normalized spacial score (nSPS) is 11.6. The molecule has 35 heavy (non-hydrogen) atoms.